The van der Waals surface area contributed by atoms with E-state index < -0.39 is 0 Å². The maximum atomic E-state index is 6.07. The van der Waals surface area contributed by atoms with E-state index in [-0.39, 0.29) is 0 Å². The average Bonchev–Trinajstić information content (AvgIpc) is 2.45. The minimum atomic E-state index is 0.605. The molecule has 1 saturated heterocycles. The maximum Gasteiger partial charge on any atom is 0.191 e. The number of guanidine groups is 1. The van der Waals surface area contributed by atoms with Gasteiger partial charge >= 0.3 is 0 Å². The molecule has 1 aliphatic rings. The fourth-order valence-corrected chi connectivity index (χ4v) is 2.44. The van der Waals surface area contributed by atoms with Crippen molar-refractivity contribution in [3.8, 4) is 5.75 Å². The molecule has 2 rings (SSSR count). The molecule has 0 saturated carbocycles. The molecule has 1 aromatic carbocycles. The van der Waals surface area contributed by atoms with Gasteiger partial charge in [-0.2, -0.15) is 0 Å². The number of rotatable bonds is 3. The number of methoxy groups -OCH3 is 1. The van der Waals surface area contributed by atoms with Crippen molar-refractivity contribution in [2.45, 2.75) is 26.3 Å². The van der Waals surface area contributed by atoms with E-state index >= 15 is 0 Å². The lowest BCUT2D eigenvalue weighted by Gasteiger charge is -2.31. The first kappa shape index (κ1) is 13.7. The lowest BCUT2D eigenvalue weighted by atomic mass is 10.0. The highest BCUT2D eigenvalue weighted by atomic mass is 16.5. The van der Waals surface area contributed by atoms with E-state index in [4.69, 9.17) is 10.5 Å². The Labute approximate surface area is 115 Å². The molecule has 1 atom stereocenters. The number of nitrogens with zero attached hydrogens (tertiary/aromatic N) is 2. The van der Waals surface area contributed by atoms with Crippen molar-refractivity contribution >= 4 is 5.96 Å². The van der Waals surface area contributed by atoms with Crippen LogP contribution < -0.4 is 10.5 Å². The van der Waals surface area contributed by atoms with Gasteiger partial charge in [0.1, 0.15) is 5.75 Å². The van der Waals surface area contributed by atoms with Crippen molar-refractivity contribution in [1.29, 1.82) is 0 Å². The molecule has 0 amide bonds. The number of nitrogens with two attached hydrogens (primary N) is 1. The number of hydrogen-bond acceptors (Lipinski definition) is 2. The van der Waals surface area contributed by atoms with Gasteiger partial charge in [-0.1, -0.05) is 19.1 Å². The molecule has 2 N–H and O–H groups in total. The monoisotopic (exact) mass is 261 g/mol. The number of ether oxygens (including phenoxy) is 1. The first-order valence-electron chi connectivity index (χ1n) is 6.87. The summed E-state index contributed by atoms with van der Waals surface area (Å²) < 4.78 is 5.20. The molecule has 1 aliphatic heterocycles. The van der Waals surface area contributed by atoms with Crippen molar-refractivity contribution in [1.82, 2.24) is 4.90 Å². The number of aliphatic imine (C=N–C) groups is 1. The van der Waals surface area contributed by atoms with Crippen LogP contribution in [0, 0.1) is 5.92 Å². The lowest BCUT2D eigenvalue weighted by molar-refractivity contribution is 0.270. The highest BCUT2D eigenvalue weighted by molar-refractivity contribution is 5.78. The summed E-state index contributed by atoms with van der Waals surface area (Å²) in [6.45, 7) is 4.92. The van der Waals surface area contributed by atoms with Gasteiger partial charge < -0.3 is 15.4 Å². The average molecular weight is 261 g/mol. The van der Waals surface area contributed by atoms with Crippen molar-refractivity contribution in [3.05, 3.63) is 29.8 Å². The van der Waals surface area contributed by atoms with Crippen molar-refractivity contribution < 1.29 is 4.74 Å². The van der Waals surface area contributed by atoms with Crippen LogP contribution in [0.2, 0.25) is 0 Å². The summed E-state index contributed by atoms with van der Waals surface area (Å²) in [7, 11) is 1.67. The number of hydrogen-bond donors (Lipinski definition) is 1. The highest BCUT2D eigenvalue weighted by Gasteiger charge is 2.17. The van der Waals surface area contributed by atoms with E-state index in [0.717, 1.165) is 24.4 Å². The summed E-state index contributed by atoms with van der Waals surface area (Å²) in [6, 6.07) is 7.94. The summed E-state index contributed by atoms with van der Waals surface area (Å²) in [4.78, 5) is 6.68. The second kappa shape index (κ2) is 6.45. The molecule has 0 aromatic heterocycles. The largest absolute Gasteiger partial charge is 0.497 e. The minimum Gasteiger partial charge on any atom is -0.497 e. The zero-order valence-electron chi connectivity index (χ0n) is 11.8. The van der Waals surface area contributed by atoms with Crippen LogP contribution in [0.25, 0.3) is 0 Å². The lowest BCUT2D eigenvalue weighted by Crippen LogP contribution is -2.43. The molecule has 19 heavy (non-hydrogen) atoms. The third-order valence-corrected chi connectivity index (χ3v) is 3.54. The summed E-state index contributed by atoms with van der Waals surface area (Å²) in [5.74, 6) is 2.23. The van der Waals surface area contributed by atoms with Crippen molar-refractivity contribution in [3.63, 3.8) is 0 Å². The Morgan fingerprint density at radius 2 is 2.37 bits per heavy atom. The Bertz CT molecular complexity index is 445. The smallest absolute Gasteiger partial charge is 0.191 e. The third-order valence-electron chi connectivity index (χ3n) is 3.54. The van der Waals surface area contributed by atoms with Gasteiger partial charge in [0.05, 0.1) is 13.7 Å². The van der Waals surface area contributed by atoms with E-state index in [9.17, 15) is 0 Å². The van der Waals surface area contributed by atoms with Gasteiger partial charge in [-0.25, -0.2) is 4.99 Å². The van der Waals surface area contributed by atoms with Gasteiger partial charge in [0.15, 0.2) is 5.96 Å². The quantitative estimate of drug-likeness (QED) is 0.670. The Hall–Kier alpha value is -1.71. The predicted octanol–water partition coefficient (Wildman–Crippen LogP) is 2.24. The molecule has 4 heteroatoms. The van der Waals surface area contributed by atoms with Crippen LogP contribution in [0.1, 0.15) is 25.3 Å². The molecule has 4 nitrogen and oxygen atoms in total. The Balaban J connectivity index is 1.96. The SMILES string of the molecule is COc1cccc(CN=C(N)N2CCCC(C)C2)c1. The van der Waals surface area contributed by atoms with Crippen molar-refractivity contribution in [2.24, 2.45) is 16.6 Å². The van der Waals surface area contributed by atoms with Gasteiger partial charge in [-0.3, -0.25) is 0 Å². The molecular weight excluding hydrogens is 238 g/mol. The first-order valence-corrected chi connectivity index (χ1v) is 6.87. The number of piperidine rings is 1. The zero-order valence-corrected chi connectivity index (χ0v) is 11.8. The Kier molecular flexibility index (Phi) is 4.66. The van der Waals surface area contributed by atoms with Crippen LogP contribution in [0.5, 0.6) is 5.75 Å². The zero-order chi connectivity index (χ0) is 13.7. The molecule has 104 valence electrons. The van der Waals surface area contributed by atoms with Crippen LogP contribution in [0.3, 0.4) is 0 Å². The highest BCUT2D eigenvalue weighted by Crippen LogP contribution is 2.16. The van der Waals surface area contributed by atoms with E-state index in [0.29, 0.717) is 18.4 Å². The molecule has 0 aliphatic carbocycles. The second-order valence-corrected chi connectivity index (χ2v) is 5.22. The molecule has 1 fully saturated rings. The molecule has 1 aromatic rings. The van der Waals surface area contributed by atoms with E-state index in [1.54, 1.807) is 7.11 Å². The fourth-order valence-electron chi connectivity index (χ4n) is 2.44. The van der Waals surface area contributed by atoms with Gasteiger partial charge in [-0.05, 0) is 36.5 Å². The van der Waals surface area contributed by atoms with Crippen LogP contribution in [0.15, 0.2) is 29.3 Å². The topological polar surface area (TPSA) is 50.9 Å². The fraction of sp³-hybridized carbons (Fsp3) is 0.533. The van der Waals surface area contributed by atoms with Crippen LogP contribution in [-0.2, 0) is 6.54 Å². The summed E-state index contributed by atoms with van der Waals surface area (Å²) in [5.41, 5.74) is 7.19. The molecule has 0 spiro atoms. The predicted molar refractivity (Wildman–Crippen MR) is 78.3 cm³/mol. The summed E-state index contributed by atoms with van der Waals surface area (Å²) in [5, 5.41) is 0. The van der Waals surface area contributed by atoms with Crippen LogP contribution >= 0.6 is 0 Å². The van der Waals surface area contributed by atoms with Crippen LogP contribution in [-0.4, -0.2) is 31.1 Å². The van der Waals surface area contributed by atoms with E-state index in [1.807, 2.05) is 24.3 Å². The number of likely N-dealkylation sites (tertiary alicyclic amines) is 1. The first-order chi connectivity index (χ1) is 9.19. The normalized spacial score (nSPS) is 20.4. The van der Waals surface area contributed by atoms with E-state index in [2.05, 4.69) is 16.8 Å². The van der Waals surface area contributed by atoms with Crippen LogP contribution in [0.4, 0.5) is 0 Å². The summed E-state index contributed by atoms with van der Waals surface area (Å²) in [6.07, 6.45) is 2.50. The van der Waals surface area contributed by atoms with Gasteiger partial charge in [-0.15, -0.1) is 0 Å². The standard InChI is InChI=1S/C15H23N3O/c1-12-5-4-8-18(11-12)15(16)17-10-13-6-3-7-14(9-13)19-2/h3,6-7,9,12H,4-5,8,10-11H2,1-2H3,(H2,16,17). The molecule has 0 bridgehead atoms. The minimum absolute atomic E-state index is 0.605. The molecule has 1 heterocycles. The molecule has 1 unspecified atom stereocenters. The Morgan fingerprint density at radius 3 is 3.11 bits per heavy atom. The molecular formula is C15H23N3O. The Morgan fingerprint density at radius 1 is 1.53 bits per heavy atom. The van der Waals surface area contributed by atoms with E-state index in [1.165, 1.54) is 12.8 Å². The summed E-state index contributed by atoms with van der Waals surface area (Å²) >= 11 is 0. The maximum absolute atomic E-state index is 6.07. The van der Waals surface area contributed by atoms with Gasteiger partial charge in [0, 0.05) is 13.1 Å². The third kappa shape index (κ3) is 3.88. The molecule has 0 radical (unpaired) electrons. The van der Waals surface area contributed by atoms with Gasteiger partial charge in [0.25, 0.3) is 0 Å². The van der Waals surface area contributed by atoms with Gasteiger partial charge in [0.2, 0.25) is 0 Å². The number of benzene rings is 1. The second-order valence-electron chi connectivity index (χ2n) is 5.22. The van der Waals surface area contributed by atoms with Crippen molar-refractivity contribution in [2.75, 3.05) is 20.2 Å².